The third-order valence-electron chi connectivity index (χ3n) is 8.19. The Labute approximate surface area is 263 Å². The molecule has 2 aliphatic rings. The molecule has 0 aliphatic carbocycles. The van der Waals surface area contributed by atoms with E-state index in [1.54, 1.807) is 11.8 Å². The van der Waals surface area contributed by atoms with Crippen molar-refractivity contribution in [3.63, 3.8) is 0 Å². The van der Waals surface area contributed by atoms with Crippen molar-refractivity contribution in [2.75, 3.05) is 44.2 Å². The molecule has 0 bridgehead atoms. The van der Waals surface area contributed by atoms with Crippen LogP contribution in [0.3, 0.4) is 0 Å². The fraction of sp³-hybridized carbons (Fsp3) is 0.562. The van der Waals surface area contributed by atoms with Crippen LogP contribution in [0.1, 0.15) is 71.0 Å². The molecular weight excluding hydrogens is 591 g/mol. The Morgan fingerprint density at radius 3 is 2.14 bits per heavy atom. The van der Waals surface area contributed by atoms with E-state index >= 15 is 0 Å². The van der Waals surface area contributed by atoms with Gasteiger partial charge in [-0.25, -0.2) is 8.93 Å². The molecule has 1 N–H and O–H groups in total. The second-order valence-electron chi connectivity index (χ2n) is 12.9. The fourth-order valence-electron chi connectivity index (χ4n) is 5.87. The number of rotatable bonds is 8. The zero-order chi connectivity index (χ0) is 30.8. The highest BCUT2D eigenvalue weighted by Crippen LogP contribution is 2.37. The number of benzene rings is 2. The average Bonchev–Trinajstić information content (AvgIpc) is 3.38. The van der Waals surface area contributed by atoms with E-state index in [2.05, 4.69) is 23.5 Å². The zero-order valence-electron chi connectivity index (χ0n) is 25.5. The lowest BCUT2D eigenvalue weighted by Crippen LogP contribution is -2.51. The van der Waals surface area contributed by atoms with Gasteiger partial charge in [0, 0.05) is 73.9 Å². The number of carbonyl (C=O) groups is 2. The van der Waals surface area contributed by atoms with Crippen LogP contribution in [0.25, 0.3) is 0 Å². The molecule has 0 radical (unpaired) electrons. The van der Waals surface area contributed by atoms with Crippen molar-refractivity contribution in [2.24, 2.45) is 11.8 Å². The normalized spacial score (nSPS) is 21.1. The van der Waals surface area contributed by atoms with E-state index < -0.39 is 15.7 Å². The van der Waals surface area contributed by atoms with Crippen molar-refractivity contribution >= 4 is 51.7 Å². The van der Waals surface area contributed by atoms with E-state index in [0.717, 1.165) is 23.2 Å². The number of hydrogen-bond donors (Lipinski definition) is 1. The number of nitrogens with zero attached hydrogens (tertiary/aromatic N) is 3. The SMILES string of the molecule is CC(=O)N1CC(C(=O)N2CCN(c3ccc(Cl)cc3[C@H](CC(C)C)NS(=O)C(C)(C)C)CC2)C(c2ccc(Cl)cc2)C1. The number of nitrogens with one attached hydrogen (secondary N) is 1. The van der Waals surface area contributed by atoms with Gasteiger partial charge in [-0.05, 0) is 74.6 Å². The fourth-order valence-corrected chi connectivity index (χ4v) is 7.01. The van der Waals surface area contributed by atoms with Gasteiger partial charge in [0.2, 0.25) is 11.8 Å². The molecule has 4 rings (SSSR count). The molecule has 2 heterocycles. The summed E-state index contributed by atoms with van der Waals surface area (Å²) in [5.74, 6) is 0.108. The molecule has 2 aromatic carbocycles. The van der Waals surface area contributed by atoms with Crippen LogP contribution in [-0.2, 0) is 20.6 Å². The average molecular weight is 636 g/mol. The number of likely N-dealkylation sites (tertiary alicyclic amines) is 1. The smallest absolute Gasteiger partial charge is 0.228 e. The molecule has 0 spiro atoms. The molecule has 2 fully saturated rings. The van der Waals surface area contributed by atoms with Crippen LogP contribution in [0.15, 0.2) is 42.5 Å². The summed E-state index contributed by atoms with van der Waals surface area (Å²) in [6.45, 7) is 15.3. The van der Waals surface area contributed by atoms with Crippen LogP contribution in [0.5, 0.6) is 0 Å². The van der Waals surface area contributed by atoms with Gasteiger partial charge in [-0.2, -0.15) is 0 Å². The Morgan fingerprint density at radius 1 is 0.952 bits per heavy atom. The maximum atomic E-state index is 13.9. The first-order valence-corrected chi connectivity index (χ1v) is 16.7. The van der Waals surface area contributed by atoms with Crippen LogP contribution < -0.4 is 9.62 Å². The van der Waals surface area contributed by atoms with Crippen molar-refractivity contribution in [2.45, 2.75) is 64.7 Å². The molecule has 7 nitrogen and oxygen atoms in total. The van der Waals surface area contributed by atoms with Crippen molar-refractivity contribution in [1.82, 2.24) is 14.5 Å². The number of halogens is 2. The third-order valence-corrected chi connectivity index (χ3v) is 10.3. The minimum atomic E-state index is -1.24. The number of amides is 2. The first-order valence-electron chi connectivity index (χ1n) is 14.8. The Balaban J connectivity index is 1.52. The van der Waals surface area contributed by atoms with Gasteiger partial charge >= 0.3 is 0 Å². The second-order valence-corrected chi connectivity index (χ2v) is 15.8. The highest BCUT2D eigenvalue weighted by molar-refractivity contribution is 7.84. The molecule has 2 saturated heterocycles. The van der Waals surface area contributed by atoms with Crippen molar-refractivity contribution in [1.29, 1.82) is 0 Å². The lowest BCUT2D eigenvalue weighted by Gasteiger charge is -2.39. The Bertz CT molecular complexity index is 1290. The second kappa shape index (κ2) is 13.7. The maximum absolute atomic E-state index is 13.9. The molecule has 230 valence electrons. The predicted octanol–water partition coefficient (Wildman–Crippen LogP) is 6.04. The molecule has 10 heteroatoms. The van der Waals surface area contributed by atoms with Gasteiger partial charge in [-0.1, -0.05) is 49.2 Å². The van der Waals surface area contributed by atoms with E-state index in [-0.39, 0.29) is 29.7 Å². The van der Waals surface area contributed by atoms with E-state index in [1.807, 2.05) is 68.1 Å². The van der Waals surface area contributed by atoms with Crippen LogP contribution in [0, 0.1) is 11.8 Å². The van der Waals surface area contributed by atoms with E-state index in [1.165, 1.54) is 0 Å². The first kappa shape index (κ1) is 32.8. The number of anilines is 1. The highest BCUT2D eigenvalue weighted by Gasteiger charge is 2.42. The maximum Gasteiger partial charge on any atom is 0.228 e. The standard InChI is InChI=1S/C32H44Cl2N4O3S/c1-21(2)17-29(35-42(41)32(4,5)6)26-18-25(34)11-12-30(26)36-13-15-37(16-14-36)31(40)28-20-38(22(3)39)19-27(28)23-7-9-24(33)10-8-23/h7-12,18,21,27-29,35H,13-17,19-20H2,1-6H3/t27?,28?,29-,42?/m0/s1. The zero-order valence-corrected chi connectivity index (χ0v) is 27.9. The van der Waals surface area contributed by atoms with Gasteiger partial charge in [0.25, 0.3) is 0 Å². The molecule has 4 atom stereocenters. The van der Waals surface area contributed by atoms with Gasteiger partial charge in [-0.15, -0.1) is 0 Å². The molecular formula is C32H44Cl2N4O3S. The topological polar surface area (TPSA) is 73.0 Å². The predicted molar refractivity (Wildman–Crippen MR) is 173 cm³/mol. The van der Waals surface area contributed by atoms with Crippen LogP contribution >= 0.6 is 23.2 Å². The van der Waals surface area contributed by atoms with Crippen LogP contribution in [-0.4, -0.2) is 69.8 Å². The molecule has 2 aromatic rings. The molecule has 42 heavy (non-hydrogen) atoms. The number of carbonyl (C=O) groups excluding carboxylic acids is 2. The lowest BCUT2D eigenvalue weighted by atomic mass is 9.88. The monoisotopic (exact) mass is 634 g/mol. The highest BCUT2D eigenvalue weighted by atomic mass is 35.5. The minimum Gasteiger partial charge on any atom is -0.368 e. The van der Waals surface area contributed by atoms with E-state index in [9.17, 15) is 13.8 Å². The summed E-state index contributed by atoms with van der Waals surface area (Å²) in [6, 6.07) is 13.4. The van der Waals surface area contributed by atoms with Gasteiger partial charge < -0.3 is 14.7 Å². The molecule has 2 amide bonds. The Morgan fingerprint density at radius 2 is 1.57 bits per heavy atom. The van der Waals surface area contributed by atoms with Gasteiger partial charge in [0.05, 0.1) is 21.7 Å². The van der Waals surface area contributed by atoms with Crippen molar-refractivity contribution in [3.05, 3.63) is 63.6 Å². The minimum absolute atomic E-state index is 0.0127. The Hall–Kier alpha value is -2.13. The summed E-state index contributed by atoms with van der Waals surface area (Å²) in [5, 5.41) is 1.29. The molecule has 3 unspecified atom stereocenters. The summed E-state index contributed by atoms with van der Waals surface area (Å²) in [6.07, 6.45) is 0.814. The summed E-state index contributed by atoms with van der Waals surface area (Å²) >= 11 is 12.6. The molecule has 2 aliphatic heterocycles. The summed E-state index contributed by atoms with van der Waals surface area (Å²) in [4.78, 5) is 32.2. The summed E-state index contributed by atoms with van der Waals surface area (Å²) in [7, 11) is -1.24. The van der Waals surface area contributed by atoms with E-state index in [4.69, 9.17) is 23.2 Å². The van der Waals surface area contributed by atoms with Crippen molar-refractivity contribution < 1.29 is 13.8 Å². The lowest BCUT2D eigenvalue weighted by molar-refractivity contribution is -0.136. The van der Waals surface area contributed by atoms with Gasteiger partial charge in [0.15, 0.2) is 0 Å². The number of piperazine rings is 1. The summed E-state index contributed by atoms with van der Waals surface area (Å²) in [5.41, 5.74) is 3.12. The van der Waals surface area contributed by atoms with Gasteiger partial charge in [-0.3, -0.25) is 9.59 Å². The summed E-state index contributed by atoms with van der Waals surface area (Å²) < 4.78 is 16.1. The number of hydrogen-bond acceptors (Lipinski definition) is 4. The van der Waals surface area contributed by atoms with Crippen LogP contribution in [0.4, 0.5) is 5.69 Å². The Kier molecular flexibility index (Phi) is 10.7. The van der Waals surface area contributed by atoms with Crippen molar-refractivity contribution in [3.8, 4) is 0 Å². The van der Waals surface area contributed by atoms with Crippen LogP contribution in [0.2, 0.25) is 10.0 Å². The van der Waals surface area contributed by atoms with Gasteiger partial charge in [0.1, 0.15) is 0 Å². The molecule has 0 aromatic heterocycles. The van der Waals surface area contributed by atoms with E-state index in [0.29, 0.717) is 55.2 Å². The quantitative estimate of drug-likeness (QED) is 0.384. The third kappa shape index (κ3) is 7.87. The largest absolute Gasteiger partial charge is 0.368 e. The first-order chi connectivity index (χ1) is 19.7. The molecule has 0 saturated carbocycles.